The summed E-state index contributed by atoms with van der Waals surface area (Å²) in [6.45, 7) is 3.55. The van der Waals surface area contributed by atoms with Gasteiger partial charge in [0.05, 0.1) is 10.6 Å². The number of sulfonamides is 1. The number of benzene rings is 4. The highest BCUT2D eigenvalue weighted by Gasteiger charge is 2.35. The minimum Gasteiger partial charge on any atom is -0.354 e. The summed E-state index contributed by atoms with van der Waals surface area (Å²) in [4.78, 5) is 29.6. The third-order valence-electron chi connectivity index (χ3n) is 7.18. The zero-order valence-corrected chi connectivity index (χ0v) is 26.9. The third kappa shape index (κ3) is 8.20. The van der Waals surface area contributed by atoms with Gasteiger partial charge in [0.15, 0.2) is 0 Å². The van der Waals surface area contributed by atoms with Crippen LogP contribution < -0.4 is 9.62 Å². The van der Waals surface area contributed by atoms with Gasteiger partial charge in [0, 0.05) is 29.6 Å². The molecule has 4 rings (SSSR count). The summed E-state index contributed by atoms with van der Waals surface area (Å²) in [5.74, 6) is -0.890. The molecule has 0 bridgehead atoms. The van der Waals surface area contributed by atoms with Crippen molar-refractivity contribution >= 4 is 50.7 Å². The zero-order valence-electron chi connectivity index (χ0n) is 24.6. The third-order valence-corrected chi connectivity index (χ3v) is 9.60. The highest BCUT2D eigenvalue weighted by molar-refractivity contribution is 7.92. The molecule has 1 N–H and O–H groups in total. The molecule has 7 nitrogen and oxygen atoms in total. The van der Waals surface area contributed by atoms with E-state index in [1.165, 1.54) is 17.0 Å². The van der Waals surface area contributed by atoms with Crippen molar-refractivity contribution in [1.29, 1.82) is 0 Å². The van der Waals surface area contributed by atoms with Gasteiger partial charge in [-0.15, -0.1) is 0 Å². The van der Waals surface area contributed by atoms with E-state index in [0.29, 0.717) is 34.1 Å². The monoisotopic (exact) mass is 651 g/mol. The lowest BCUT2D eigenvalue weighted by Crippen LogP contribution is -2.53. The number of anilines is 1. The SMILES string of the molecule is CCCNC(=O)[C@@H](Cc1ccccc1)N(Cc1cccc(Cl)c1)C(=O)CN(c1cccc(Cl)c1C)S(=O)(=O)c1ccccc1. The van der Waals surface area contributed by atoms with Crippen molar-refractivity contribution < 1.29 is 18.0 Å². The topological polar surface area (TPSA) is 86.8 Å². The van der Waals surface area contributed by atoms with Crippen LogP contribution in [0.2, 0.25) is 10.0 Å². The maximum Gasteiger partial charge on any atom is 0.264 e. The van der Waals surface area contributed by atoms with Crippen molar-refractivity contribution in [2.24, 2.45) is 0 Å². The van der Waals surface area contributed by atoms with Crippen LogP contribution in [0.4, 0.5) is 5.69 Å². The maximum absolute atomic E-state index is 14.5. The van der Waals surface area contributed by atoms with E-state index in [4.69, 9.17) is 23.2 Å². The van der Waals surface area contributed by atoms with Gasteiger partial charge in [0.25, 0.3) is 10.0 Å². The Hall–Kier alpha value is -3.85. The van der Waals surface area contributed by atoms with E-state index in [2.05, 4.69) is 5.32 Å². The molecule has 0 saturated carbocycles. The molecule has 1 atom stereocenters. The molecule has 0 saturated heterocycles. The Bertz CT molecular complexity index is 1690. The van der Waals surface area contributed by atoms with Crippen molar-refractivity contribution in [2.45, 2.75) is 44.2 Å². The quantitative estimate of drug-likeness (QED) is 0.175. The molecule has 0 fully saturated rings. The van der Waals surface area contributed by atoms with E-state index in [0.717, 1.165) is 9.87 Å². The molecule has 0 aromatic heterocycles. The Morgan fingerprint density at radius 1 is 0.841 bits per heavy atom. The summed E-state index contributed by atoms with van der Waals surface area (Å²) in [5, 5.41) is 3.78. The second-order valence-corrected chi connectivity index (χ2v) is 13.1. The number of hydrogen-bond acceptors (Lipinski definition) is 4. The van der Waals surface area contributed by atoms with Crippen LogP contribution in [0.5, 0.6) is 0 Å². The molecule has 10 heteroatoms. The number of amides is 2. The highest BCUT2D eigenvalue weighted by Crippen LogP contribution is 2.31. The molecule has 44 heavy (non-hydrogen) atoms. The van der Waals surface area contributed by atoms with Crippen LogP contribution >= 0.6 is 23.2 Å². The predicted octanol–water partition coefficient (Wildman–Crippen LogP) is 6.66. The molecule has 0 spiro atoms. The summed E-state index contributed by atoms with van der Waals surface area (Å²) < 4.78 is 29.3. The van der Waals surface area contributed by atoms with E-state index in [-0.39, 0.29) is 29.5 Å². The molecule has 2 amide bonds. The molecule has 0 aliphatic heterocycles. The molecule has 4 aromatic rings. The number of nitrogens with zero attached hydrogens (tertiary/aromatic N) is 2. The molecule has 0 aliphatic carbocycles. The first-order valence-corrected chi connectivity index (χ1v) is 16.5. The van der Waals surface area contributed by atoms with Gasteiger partial charge in [0.2, 0.25) is 11.8 Å². The zero-order chi connectivity index (χ0) is 31.7. The van der Waals surface area contributed by atoms with Gasteiger partial charge in [-0.2, -0.15) is 0 Å². The highest BCUT2D eigenvalue weighted by atomic mass is 35.5. The van der Waals surface area contributed by atoms with Crippen LogP contribution in [-0.2, 0) is 32.6 Å². The summed E-state index contributed by atoms with van der Waals surface area (Å²) in [6, 6.07) is 28.3. The largest absolute Gasteiger partial charge is 0.354 e. The molecule has 0 unspecified atom stereocenters. The number of hydrogen-bond donors (Lipinski definition) is 1. The summed E-state index contributed by atoms with van der Waals surface area (Å²) >= 11 is 12.7. The van der Waals surface area contributed by atoms with Gasteiger partial charge in [-0.25, -0.2) is 8.42 Å². The number of nitrogens with one attached hydrogen (secondary N) is 1. The Morgan fingerprint density at radius 3 is 2.14 bits per heavy atom. The minimum atomic E-state index is -4.22. The first kappa shape index (κ1) is 33.1. The summed E-state index contributed by atoms with van der Waals surface area (Å²) in [5.41, 5.74) is 2.33. The molecular formula is C34H35Cl2N3O4S. The fourth-order valence-electron chi connectivity index (χ4n) is 4.85. The summed E-state index contributed by atoms with van der Waals surface area (Å²) in [6.07, 6.45) is 0.938. The molecule has 0 heterocycles. The second-order valence-electron chi connectivity index (χ2n) is 10.4. The Balaban J connectivity index is 1.82. The van der Waals surface area contributed by atoms with Gasteiger partial charge in [-0.3, -0.25) is 13.9 Å². The lowest BCUT2D eigenvalue weighted by atomic mass is 10.0. The van der Waals surface area contributed by atoms with Crippen molar-refractivity contribution in [1.82, 2.24) is 10.2 Å². The smallest absolute Gasteiger partial charge is 0.264 e. The Kier molecular flexibility index (Phi) is 11.4. The van der Waals surface area contributed by atoms with Crippen LogP contribution in [0, 0.1) is 6.92 Å². The van der Waals surface area contributed by atoms with Crippen LogP contribution in [0.15, 0.2) is 108 Å². The molecule has 0 aliphatic rings. The van der Waals surface area contributed by atoms with E-state index < -0.39 is 28.5 Å². The lowest BCUT2D eigenvalue weighted by Gasteiger charge is -2.34. The predicted molar refractivity (Wildman–Crippen MR) is 176 cm³/mol. The van der Waals surface area contributed by atoms with Gasteiger partial charge in [-0.05, 0) is 66.4 Å². The van der Waals surface area contributed by atoms with Crippen molar-refractivity contribution in [3.63, 3.8) is 0 Å². The Labute approximate surface area is 269 Å². The average Bonchev–Trinajstić information content (AvgIpc) is 3.02. The minimum absolute atomic E-state index is 0.0232. The normalized spacial score (nSPS) is 11.9. The van der Waals surface area contributed by atoms with E-state index in [1.54, 1.807) is 61.5 Å². The lowest BCUT2D eigenvalue weighted by molar-refractivity contribution is -0.140. The van der Waals surface area contributed by atoms with Crippen molar-refractivity contribution in [3.05, 3.63) is 130 Å². The van der Waals surface area contributed by atoms with Crippen LogP contribution in [-0.4, -0.2) is 44.3 Å². The number of carbonyl (C=O) groups excluding carboxylic acids is 2. The van der Waals surface area contributed by atoms with Gasteiger partial charge >= 0.3 is 0 Å². The number of carbonyl (C=O) groups is 2. The van der Waals surface area contributed by atoms with Gasteiger partial charge in [0.1, 0.15) is 12.6 Å². The average molecular weight is 653 g/mol. The fourth-order valence-corrected chi connectivity index (χ4v) is 6.73. The van der Waals surface area contributed by atoms with Crippen LogP contribution in [0.1, 0.15) is 30.0 Å². The fraction of sp³-hybridized carbons (Fsp3) is 0.235. The molecule has 4 aromatic carbocycles. The second kappa shape index (κ2) is 15.2. The molecule has 0 radical (unpaired) electrons. The number of rotatable bonds is 13. The first-order valence-electron chi connectivity index (χ1n) is 14.3. The summed E-state index contributed by atoms with van der Waals surface area (Å²) in [7, 11) is -4.22. The van der Waals surface area contributed by atoms with Crippen LogP contribution in [0.25, 0.3) is 0 Å². The first-order chi connectivity index (χ1) is 21.1. The van der Waals surface area contributed by atoms with Crippen molar-refractivity contribution in [3.8, 4) is 0 Å². The van der Waals surface area contributed by atoms with E-state index in [1.807, 2.05) is 43.3 Å². The molecule has 230 valence electrons. The standard InChI is InChI=1S/C34H35Cl2N3O4S/c1-3-20-37-34(41)32(22-26-12-6-4-7-13-26)38(23-27-14-10-15-28(35)21-27)33(40)24-39(31-19-11-18-30(36)25(31)2)44(42,43)29-16-8-5-9-17-29/h4-19,21,32H,3,20,22-24H2,1-2H3,(H,37,41)/t32-/m1/s1. The molecular weight excluding hydrogens is 617 g/mol. The Morgan fingerprint density at radius 2 is 1.48 bits per heavy atom. The van der Waals surface area contributed by atoms with Gasteiger partial charge in [-0.1, -0.05) is 96.9 Å². The van der Waals surface area contributed by atoms with E-state index >= 15 is 0 Å². The van der Waals surface area contributed by atoms with Crippen LogP contribution in [0.3, 0.4) is 0 Å². The maximum atomic E-state index is 14.5. The van der Waals surface area contributed by atoms with E-state index in [9.17, 15) is 18.0 Å². The van der Waals surface area contributed by atoms with Crippen molar-refractivity contribution in [2.75, 3.05) is 17.4 Å². The number of halogens is 2. The van der Waals surface area contributed by atoms with Gasteiger partial charge < -0.3 is 10.2 Å².